The van der Waals surface area contributed by atoms with Crippen LogP contribution in [0.1, 0.15) is 22.3 Å². The van der Waals surface area contributed by atoms with Gasteiger partial charge in [0, 0.05) is 10.9 Å². The Morgan fingerprint density at radius 1 is 1.00 bits per heavy atom. The van der Waals surface area contributed by atoms with Gasteiger partial charge in [-0.15, -0.1) is 0 Å². The summed E-state index contributed by atoms with van der Waals surface area (Å²) in [5, 5.41) is 1.07. The molecule has 0 radical (unpaired) electrons. The number of aromatic nitrogens is 1. The summed E-state index contributed by atoms with van der Waals surface area (Å²) in [7, 11) is 0. The molecule has 1 aromatic heterocycles. The van der Waals surface area contributed by atoms with E-state index in [1.807, 2.05) is 18.2 Å². The van der Waals surface area contributed by atoms with Gasteiger partial charge < -0.3 is 5.73 Å². The van der Waals surface area contributed by atoms with Gasteiger partial charge in [0.2, 0.25) is 5.91 Å². The van der Waals surface area contributed by atoms with Crippen LogP contribution < -0.4 is 5.73 Å². The van der Waals surface area contributed by atoms with Crippen LogP contribution in [-0.2, 0) is 11.2 Å². The Balaban J connectivity index is 2.15. The van der Waals surface area contributed by atoms with Crippen LogP contribution in [0, 0.1) is 20.8 Å². The molecule has 1 heterocycles. The number of aryl methyl sites for hydroxylation is 3. The summed E-state index contributed by atoms with van der Waals surface area (Å²) >= 11 is 0. The van der Waals surface area contributed by atoms with Crippen LogP contribution in [0.3, 0.4) is 0 Å². The molecule has 3 aromatic rings. The van der Waals surface area contributed by atoms with Crippen LogP contribution in [0.25, 0.3) is 22.2 Å². The molecule has 0 aliphatic heterocycles. The van der Waals surface area contributed by atoms with Gasteiger partial charge in [-0.25, -0.2) is 4.98 Å². The Hall–Kier alpha value is -2.68. The first kappa shape index (κ1) is 15.2. The summed E-state index contributed by atoms with van der Waals surface area (Å²) in [6.45, 7) is 6.27. The molecule has 0 spiro atoms. The van der Waals surface area contributed by atoms with E-state index >= 15 is 0 Å². The van der Waals surface area contributed by atoms with Crippen molar-refractivity contribution in [1.29, 1.82) is 0 Å². The lowest BCUT2D eigenvalue weighted by Gasteiger charge is -2.11. The van der Waals surface area contributed by atoms with Crippen LogP contribution in [0.5, 0.6) is 0 Å². The maximum Gasteiger partial charge on any atom is 0.221 e. The highest BCUT2D eigenvalue weighted by atomic mass is 16.1. The molecule has 0 saturated heterocycles. The molecule has 0 saturated carbocycles. The summed E-state index contributed by atoms with van der Waals surface area (Å²) < 4.78 is 0. The van der Waals surface area contributed by atoms with Gasteiger partial charge in [0.25, 0.3) is 0 Å². The number of benzene rings is 2. The quantitative estimate of drug-likeness (QED) is 0.799. The monoisotopic (exact) mass is 304 g/mol. The van der Waals surface area contributed by atoms with E-state index in [-0.39, 0.29) is 12.3 Å². The summed E-state index contributed by atoms with van der Waals surface area (Å²) in [5.41, 5.74) is 12.9. The normalized spacial score (nSPS) is 10.9. The summed E-state index contributed by atoms with van der Waals surface area (Å²) in [6, 6.07) is 14.4. The molecule has 0 aliphatic carbocycles. The number of carbonyl (C=O) groups is 1. The van der Waals surface area contributed by atoms with Crippen LogP contribution in [-0.4, -0.2) is 10.9 Å². The molecular formula is C20H20N2O. The third kappa shape index (κ3) is 3.09. The highest BCUT2D eigenvalue weighted by molar-refractivity contribution is 5.87. The lowest BCUT2D eigenvalue weighted by atomic mass is 9.99. The molecule has 0 fully saturated rings. The van der Waals surface area contributed by atoms with Crippen molar-refractivity contribution in [3.05, 3.63) is 64.7 Å². The van der Waals surface area contributed by atoms with E-state index in [4.69, 9.17) is 10.7 Å². The highest BCUT2D eigenvalue weighted by Gasteiger charge is 2.09. The number of hydrogen-bond donors (Lipinski definition) is 1. The first-order valence-electron chi connectivity index (χ1n) is 7.70. The van der Waals surface area contributed by atoms with Gasteiger partial charge in [0.15, 0.2) is 0 Å². The Kier molecular flexibility index (Phi) is 3.87. The minimum Gasteiger partial charge on any atom is -0.369 e. The van der Waals surface area contributed by atoms with E-state index in [0.29, 0.717) is 0 Å². The Morgan fingerprint density at radius 2 is 1.78 bits per heavy atom. The molecule has 3 heteroatoms. The molecule has 0 atom stereocenters. The second-order valence-electron chi connectivity index (χ2n) is 6.14. The van der Waals surface area contributed by atoms with Crippen LogP contribution in [0.4, 0.5) is 0 Å². The van der Waals surface area contributed by atoms with E-state index in [9.17, 15) is 4.79 Å². The van der Waals surface area contributed by atoms with Crippen molar-refractivity contribution in [2.45, 2.75) is 27.2 Å². The van der Waals surface area contributed by atoms with E-state index in [1.165, 1.54) is 11.1 Å². The van der Waals surface area contributed by atoms with Crippen molar-refractivity contribution in [2.75, 3.05) is 0 Å². The first-order chi connectivity index (χ1) is 10.9. The Bertz CT molecular complexity index is 913. The molecule has 0 bridgehead atoms. The van der Waals surface area contributed by atoms with Crippen molar-refractivity contribution >= 4 is 16.8 Å². The maximum absolute atomic E-state index is 11.1. The second kappa shape index (κ2) is 5.84. The van der Waals surface area contributed by atoms with E-state index in [0.717, 1.165) is 33.3 Å². The molecule has 0 aliphatic rings. The lowest BCUT2D eigenvalue weighted by molar-refractivity contribution is -0.117. The Morgan fingerprint density at radius 3 is 2.52 bits per heavy atom. The lowest BCUT2D eigenvalue weighted by Crippen LogP contribution is -2.13. The van der Waals surface area contributed by atoms with Crippen molar-refractivity contribution in [3.63, 3.8) is 0 Å². The number of nitrogens with two attached hydrogens (primary N) is 1. The summed E-state index contributed by atoms with van der Waals surface area (Å²) in [4.78, 5) is 15.9. The zero-order chi connectivity index (χ0) is 16.6. The van der Waals surface area contributed by atoms with Gasteiger partial charge in [0.05, 0.1) is 17.6 Å². The first-order valence-corrected chi connectivity index (χ1v) is 7.70. The Labute approximate surface area is 136 Å². The number of primary amides is 1. The van der Waals surface area contributed by atoms with Gasteiger partial charge in [0.1, 0.15) is 0 Å². The molecule has 2 aromatic carbocycles. The standard InChI is InChI=1S/C20H20N2O/c1-12-4-5-13(2)16(8-12)19-9-14(3)17-10-15(11-20(21)23)6-7-18(17)22-19/h4-10H,11H2,1-3H3,(H2,21,23). The number of fused-ring (bicyclic) bond motifs is 1. The minimum atomic E-state index is -0.318. The van der Waals surface area contributed by atoms with Gasteiger partial charge in [-0.3, -0.25) is 4.79 Å². The van der Waals surface area contributed by atoms with Crippen LogP contribution >= 0.6 is 0 Å². The third-order valence-electron chi connectivity index (χ3n) is 4.13. The van der Waals surface area contributed by atoms with Crippen molar-refractivity contribution in [3.8, 4) is 11.3 Å². The van der Waals surface area contributed by atoms with Crippen molar-refractivity contribution < 1.29 is 4.79 Å². The third-order valence-corrected chi connectivity index (χ3v) is 4.13. The van der Waals surface area contributed by atoms with E-state index in [1.54, 1.807) is 0 Å². The molecule has 0 unspecified atom stereocenters. The van der Waals surface area contributed by atoms with Gasteiger partial charge >= 0.3 is 0 Å². The molecule has 116 valence electrons. The number of amides is 1. The average molecular weight is 304 g/mol. The van der Waals surface area contributed by atoms with Gasteiger partial charge in [-0.1, -0.05) is 23.8 Å². The van der Waals surface area contributed by atoms with Gasteiger partial charge in [-0.05, 0) is 61.7 Å². The fourth-order valence-electron chi connectivity index (χ4n) is 2.90. The molecule has 23 heavy (non-hydrogen) atoms. The van der Waals surface area contributed by atoms with Crippen molar-refractivity contribution in [1.82, 2.24) is 4.98 Å². The van der Waals surface area contributed by atoms with Crippen molar-refractivity contribution in [2.24, 2.45) is 5.73 Å². The largest absolute Gasteiger partial charge is 0.369 e. The number of carbonyl (C=O) groups excluding carboxylic acids is 1. The maximum atomic E-state index is 11.1. The van der Waals surface area contributed by atoms with E-state index < -0.39 is 0 Å². The highest BCUT2D eigenvalue weighted by Crippen LogP contribution is 2.28. The zero-order valence-corrected chi connectivity index (χ0v) is 13.7. The fourth-order valence-corrected chi connectivity index (χ4v) is 2.90. The molecule has 2 N–H and O–H groups in total. The molecular weight excluding hydrogens is 284 g/mol. The molecule has 3 nitrogen and oxygen atoms in total. The number of hydrogen-bond acceptors (Lipinski definition) is 2. The topological polar surface area (TPSA) is 56.0 Å². The smallest absolute Gasteiger partial charge is 0.221 e. The van der Waals surface area contributed by atoms with Crippen LogP contribution in [0.2, 0.25) is 0 Å². The van der Waals surface area contributed by atoms with E-state index in [2.05, 4.69) is 45.0 Å². The number of nitrogens with zero attached hydrogens (tertiary/aromatic N) is 1. The zero-order valence-electron chi connectivity index (χ0n) is 13.7. The molecule has 3 rings (SSSR count). The summed E-state index contributed by atoms with van der Waals surface area (Å²) in [6.07, 6.45) is 0.258. The summed E-state index contributed by atoms with van der Waals surface area (Å²) in [5.74, 6) is -0.318. The number of pyridine rings is 1. The van der Waals surface area contributed by atoms with Crippen LogP contribution in [0.15, 0.2) is 42.5 Å². The molecule has 1 amide bonds. The minimum absolute atomic E-state index is 0.258. The number of rotatable bonds is 3. The fraction of sp³-hybridized carbons (Fsp3) is 0.200. The van der Waals surface area contributed by atoms with Gasteiger partial charge in [-0.2, -0.15) is 0 Å². The predicted octanol–water partition coefficient (Wildman–Crippen LogP) is 3.85. The SMILES string of the molecule is Cc1ccc(C)c(-c2cc(C)c3cc(CC(N)=O)ccc3n2)c1. The predicted molar refractivity (Wildman–Crippen MR) is 94.3 cm³/mol. The second-order valence-corrected chi connectivity index (χ2v) is 6.14. The average Bonchev–Trinajstić information content (AvgIpc) is 2.49.